The Labute approximate surface area is 111 Å². The van der Waals surface area contributed by atoms with E-state index < -0.39 is 5.91 Å². The van der Waals surface area contributed by atoms with Gasteiger partial charge in [0.15, 0.2) is 0 Å². The van der Waals surface area contributed by atoms with Crippen LogP contribution in [0.4, 0.5) is 0 Å². The number of phenols is 1. The molecule has 1 aromatic carbocycles. The summed E-state index contributed by atoms with van der Waals surface area (Å²) in [6, 6.07) is 8.26. The normalized spacial score (nSPS) is 10.8. The van der Waals surface area contributed by atoms with Gasteiger partial charge >= 0.3 is 0 Å². The molecule has 5 heteroatoms. The van der Waals surface area contributed by atoms with Gasteiger partial charge < -0.3 is 10.1 Å². The summed E-state index contributed by atoms with van der Waals surface area (Å²) < 4.78 is 0. The van der Waals surface area contributed by atoms with Gasteiger partial charge in [0.1, 0.15) is 5.75 Å². The first-order chi connectivity index (χ1) is 9.08. The Balaban J connectivity index is 2.05. The fourth-order valence-corrected chi connectivity index (χ4v) is 1.77. The Bertz CT molecular complexity index is 629. The van der Waals surface area contributed by atoms with Crippen LogP contribution in [0.1, 0.15) is 27.3 Å². The first-order valence-electron chi connectivity index (χ1n) is 5.85. The van der Waals surface area contributed by atoms with E-state index in [4.69, 9.17) is 0 Å². The number of aromatic amines is 1. The molecule has 0 fully saturated rings. The maximum absolute atomic E-state index is 11.8. The van der Waals surface area contributed by atoms with E-state index in [1.165, 1.54) is 12.1 Å². The highest BCUT2D eigenvalue weighted by Crippen LogP contribution is 2.14. The molecule has 0 radical (unpaired) electrons. The number of nitrogens with one attached hydrogen (secondary N) is 2. The van der Waals surface area contributed by atoms with Crippen LogP contribution in [-0.2, 0) is 0 Å². The van der Waals surface area contributed by atoms with Gasteiger partial charge in [-0.05, 0) is 32.0 Å². The lowest BCUT2D eigenvalue weighted by Gasteiger charge is -2.01. The largest absolute Gasteiger partial charge is 0.507 e. The first-order valence-corrected chi connectivity index (χ1v) is 5.85. The fourth-order valence-electron chi connectivity index (χ4n) is 1.77. The number of nitrogens with zero attached hydrogens (tertiary/aromatic N) is 1. The molecule has 0 saturated heterocycles. The van der Waals surface area contributed by atoms with E-state index in [1.54, 1.807) is 18.3 Å². The van der Waals surface area contributed by atoms with Crippen LogP contribution in [0.3, 0.4) is 0 Å². The zero-order valence-corrected chi connectivity index (χ0v) is 10.8. The predicted molar refractivity (Wildman–Crippen MR) is 73.4 cm³/mol. The molecule has 1 amide bonds. The average Bonchev–Trinajstić information content (AvgIpc) is 2.68. The van der Waals surface area contributed by atoms with E-state index in [2.05, 4.69) is 15.5 Å². The molecule has 0 aliphatic heterocycles. The third kappa shape index (κ3) is 3.01. The summed E-state index contributed by atoms with van der Waals surface area (Å²) in [7, 11) is 0. The third-order valence-corrected chi connectivity index (χ3v) is 2.71. The van der Waals surface area contributed by atoms with E-state index >= 15 is 0 Å². The van der Waals surface area contributed by atoms with Gasteiger partial charge in [0.2, 0.25) is 0 Å². The molecule has 1 aromatic heterocycles. The summed E-state index contributed by atoms with van der Waals surface area (Å²) in [5.74, 6) is -0.511. The predicted octanol–water partition coefficient (Wildman–Crippen LogP) is 2.10. The minimum absolute atomic E-state index is 0.0659. The van der Waals surface area contributed by atoms with Crippen LogP contribution in [0.15, 0.2) is 35.4 Å². The van der Waals surface area contributed by atoms with Crippen molar-refractivity contribution < 1.29 is 9.90 Å². The number of carbonyl (C=O) groups excluding carboxylic acids is 1. The summed E-state index contributed by atoms with van der Waals surface area (Å²) in [5.41, 5.74) is 5.51. The zero-order chi connectivity index (χ0) is 13.8. The Kier molecular flexibility index (Phi) is 3.66. The Morgan fingerprint density at radius 2 is 2.11 bits per heavy atom. The van der Waals surface area contributed by atoms with E-state index in [-0.39, 0.29) is 11.3 Å². The Morgan fingerprint density at radius 3 is 2.74 bits per heavy atom. The second-order valence-electron chi connectivity index (χ2n) is 4.25. The summed E-state index contributed by atoms with van der Waals surface area (Å²) in [6.07, 6.45) is 1.57. The topological polar surface area (TPSA) is 77.5 Å². The highest BCUT2D eigenvalue weighted by atomic mass is 16.3. The molecule has 5 nitrogen and oxygen atoms in total. The minimum Gasteiger partial charge on any atom is -0.507 e. The summed E-state index contributed by atoms with van der Waals surface area (Å²) in [6.45, 7) is 3.88. The first kappa shape index (κ1) is 12.9. The third-order valence-electron chi connectivity index (χ3n) is 2.71. The van der Waals surface area contributed by atoms with E-state index in [0.717, 1.165) is 17.0 Å². The SMILES string of the molecule is Cc1cc(C=NNC(=O)c2ccccc2O)c(C)[nH]1. The number of rotatable bonds is 3. The van der Waals surface area contributed by atoms with Crippen LogP contribution in [0.2, 0.25) is 0 Å². The van der Waals surface area contributed by atoms with Crippen molar-refractivity contribution in [3.63, 3.8) is 0 Å². The molecule has 0 aliphatic carbocycles. The minimum atomic E-state index is -0.445. The maximum Gasteiger partial charge on any atom is 0.275 e. The molecular formula is C14H15N3O2. The molecule has 98 valence electrons. The molecular weight excluding hydrogens is 242 g/mol. The second kappa shape index (κ2) is 5.39. The van der Waals surface area contributed by atoms with Gasteiger partial charge in [0.25, 0.3) is 5.91 Å². The zero-order valence-electron chi connectivity index (χ0n) is 10.8. The van der Waals surface area contributed by atoms with E-state index in [0.29, 0.717) is 0 Å². The molecule has 0 bridgehead atoms. The average molecular weight is 257 g/mol. The highest BCUT2D eigenvalue weighted by molar-refractivity contribution is 5.97. The van der Waals surface area contributed by atoms with Crippen LogP contribution >= 0.6 is 0 Å². The molecule has 3 N–H and O–H groups in total. The van der Waals surface area contributed by atoms with Gasteiger partial charge in [-0.3, -0.25) is 4.79 Å². The standard InChI is InChI=1S/C14H15N3O2/c1-9-7-11(10(2)16-9)8-15-17-14(19)12-5-3-4-6-13(12)18/h3-8,16,18H,1-2H3,(H,17,19). The van der Waals surface area contributed by atoms with Gasteiger partial charge in [-0.15, -0.1) is 0 Å². The lowest BCUT2D eigenvalue weighted by atomic mass is 10.2. The number of aryl methyl sites for hydroxylation is 2. The van der Waals surface area contributed by atoms with Gasteiger partial charge in [0, 0.05) is 17.0 Å². The van der Waals surface area contributed by atoms with Gasteiger partial charge in [-0.25, -0.2) is 5.43 Å². The molecule has 1 heterocycles. The lowest BCUT2D eigenvalue weighted by Crippen LogP contribution is -2.17. The number of amides is 1. The molecule has 2 rings (SSSR count). The van der Waals surface area contributed by atoms with Crippen LogP contribution < -0.4 is 5.43 Å². The highest BCUT2D eigenvalue weighted by Gasteiger charge is 2.08. The van der Waals surface area contributed by atoms with Crippen molar-refractivity contribution in [2.75, 3.05) is 0 Å². The van der Waals surface area contributed by atoms with Crippen molar-refractivity contribution in [1.29, 1.82) is 0 Å². The molecule has 0 unspecified atom stereocenters. The second-order valence-corrected chi connectivity index (χ2v) is 4.25. The quantitative estimate of drug-likeness (QED) is 0.581. The molecule has 2 aromatic rings. The van der Waals surface area contributed by atoms with Crippen molar-refractivity contribution in [3.05, 3.63) is 52.8 Å². The number of benzene rings is 1. The van der Waals surface area contributed by atoms with Crippen LogP contribution in [0, 0.1) is 13.8 Å². The van der Waals surface area contributed by atoms with Crippen LogP contribution in [-0.4, -0.2) is 22.2 Å². The molecule has 0 atom stereocenters. The number of aromatic nitrogens is 1. The summed E-state index contributed by atoms with van der Waals surface area (Å²) >= 11 is 0. The number of hydrazone groups is 1. The number of hydrogen-bond donors (Lipinski definition) is 3. The number of aromatic hydroxyl groups is 1. The molecule has 0 saturated carbocycles. The summed E-state index contributed by atoms with van der Waals surface area (Å²) in [5, 5.41) is 13.4. The van der Waals surface area contributed by atoms with Crippen molar-refractivity contribution in [3.8, 4) is 5.75 Å². The maximum atomic E-state index is 11.8. The van der Waals surface area contributed by atoms with Gasteiger partial charge in [0.05, 0.1) is 11.8 Å². The van der Waals surface area contributed by atoms with E-state index in [1.807, 2.05) is 19.9 Å². The van der Waals surface area contributed by atoms with Crippen LogP contribution in [0.5, 0.6) is 5.75 Å². The van der Waals surface area contributed by atoms with Crippen molar-refractivity contribution in [2.24, 2.45) is 5.10 Å². The Morgan fingerprint density at radius 1 is 1.37 bits per heavy atom. The van der Waals surface area contributed by atoms with E-state index in [9.17, 15) is 9.90 Å². The van der Waals surface area contributed by atoms with Gasteiger partial charge in [-0.1, -0.05) is 12.1 Å². The molecule has 0 aliphatic rings. The van der Waals surface area contributed by atoms with Crippen LogP contribution in [0.25, 0.3) is 0 Å². The number of H-pyrrole nitrogens is 1. The van der Waals surface area contributed by atoms with Crippen molar-refractivity contribution in [1.82, 2.24) is 10.4 Å². The fraction of sp³-hybridized carbons (Fsp3) is 0.143. The monoisotopic (exact) mass is 257 g/mol. The molecule has 19 heavy (non-hydrogen) atoms. The Hall–Kier alpha value is -2.56. The van der Waals surface area contributed by atoms with Gasteiger partial charge in [-0.2, -0.15) is 5.10 Å². The molecule has 0 spiro atoms. The number of hydrogen-bond acceptors (Lipinski definition) is 3. The van der Waals surface area contributed by atoms with Crippen molar-refractivity contribution >= 4 is 12.1 Å². The smallest absolute Gasteiger partial charge is 0.275 e. The summed E-state index contributed by atoms with van der Waals surface area (Å²) in [4.78, 5) is 14.9. The lowest BCUT2D eigenvalue weighted by molar-refractivity contribution is 0.0952. The number of phenolic OH excluding ortho intramolecular Hbond substituents is 1. The van der Waals surface area contributed by atoms with Crippen molar-refractivity contribution in [2.45, 2.75) is 13.8 Å². The number of para-hydroxylation sites is 1. The number of carbonyl (C=O) groups is 1.